The third-order valence-electron chi connectivity index (χ3n) is 7.52. The average Bonchev–Trinajstić information content (AvgIpc) is 3.32. The molecule has 0 fully saturated rings. The summed E-state index contributed by atoms with van der Waals surface area (Å²) in [6.45, 7) is 0.155. The molecule has 5 rings (SSSR count). The van der Waals surface area contributed by atoms with Crippen LogP contribution in [0, 0.1) is 5.92 Å². The molecule has 0 unspecified atom stereocenters. The van der Waals surface area contributed by atoms with Crippen molar-refractivity contribution < 1.29 is 28.9 Å². The van der Waals surface area contributed by atoms with Crippen molar-refractivity contribution in [1.82, 2.24) is 4.90 Å². The van der Waals surface area contributed by atoms with Gasteiger partial charge in [-0.1, -0.05) is 24.3 Å². The van der Waals surface area contributed by atoms with Gasteiger partial charge in [-0.3, -0.25) is 9.59 Å². The minimum atomic E-state index is -0.987. The predicted molar refractivity (Wildman–Crippen MR) is 125 cm³/mol. The lowest BCUT2D eigenvalue weighted by molar-refractivity contribution is -0.133. The van der Waals surface area contributed by atoms with E-state index in [1.165, 1.54) is 0 Å². The molecule has 0 aromatic heterocycles. The topological polar surface area (TPSA) is 85.3 Å². The van der Waals surface area contributed by atoms with Crippen LogP contribution in [0.2, 0.25) is 0 Å². The van der Waals surface area contributed by atoms with Crippen molar-refractivity contribution in [2.45, 2.75) is 43.2 Å². The van der Waals surface area contributed by atoms with Crippen molar-refractivity contribution in [3.05, 3.63) is 65.2 Å². The Hall–Kier alpha value is -3.32. The Morgan fingerprint density at radius 2 is 1.94 bits per heavy atom. The van der Waals surface area contributed by atoms with Gasteiger partial charge < -0.3 is 24.2 Å². The van der Waals surface area contributed by atoms with Gasteiger partial charge in [0.2, 0.25) is 13.2 Å². The molecule has 34 heavy (non-hydrogen) atoms. The number of ketones is 1. The van der Waals surface area contributed by atoms with Gasteiger partial charge in [-0.25, -0.2) is 0 Å². The number of ether oxygens (including phenoxy) is 3. The number of phenolic OH excluding ortho intramolecular Hbond substituents is 1. The molecule has 2 aromatic carbocycles. The lowest BCUT2D eigenvalue weighted by Crippen LogP contribution is -2.59. The number of carbonyl (C=O) groups is 2. The van der Waals surface area contributed by atoms with Crippen molar-refractivity contribution in [2.24, 2.45) is 5.92 Å². The number of methoxy groups -OCH3 is 1. The van der Waals surface area contributed by atoms with Gasteiger partial charge >= 0.3 is 0 Å². The van der Waals surface area contributed by atoms with E-state index in [2.05, 4.69) is 0 Å². The van der Waals surface area contributed by atoms with E-state index in [-0.39, 0.29) is 36.4 Å². The molecule has 7 heteroatoms. The van der Waals surface area contributed by atoms with Gasteiger partial charge in [-0.15, -0.1) is 0 Å². The highest BCUT2D eigenvalue weighted by Gasteiger charge is 2.54. The Bertz CT molecular complexity index is 1130. The van der Waals surface area contributed by atoms with E-state index in [0.717, 1.165) is 23.1 Å². The summed E-state index contributed by atoms with van der Waals surface area (Å²) < 4.78 is 16.9. The lowest BCUT2D eigenvalue weighted by Gasteiger charge is -2.49. The molecule has 0 radical (unpaired) electrons. The zero-order valence-electron chi connectivity index (χ0n) is 19.4. The van der Waals surface area contributed by atoms with Crippen LogP contribution in [-0.2, 0) is 32.6 Å². The molecule has 1 N–H and O–H groups in total. The second-order valence-electron chi connectivity index (χ2n) is 9.36. The molecular formula is C27H29NO6. The van der Waals surface area contributed by atoms with Crippen LogP contribution in [0.1, 0.15) is 29.5 Å². The van der Waals surface area contributed by atoms with E-state index in [4.69, 9.17) is 14.2 Å². The number of aromatic hydroxyl groups is 1. The van der Waals surface area contributed by atoms with Gasteiger partial charge in [0.1, 0.15) is 5.75 Å². The molecule has 0 saturated heterocycles. The van der Waals surface area contributed by atoms with Crippen LogP contribution < -0.4 is 9.47 Å². The number of rotatable bonds is 6. The zero-order valence-corrected chi connectivity index (χ0v) is 19.4. The minimum absolute atomic E-state index is 0.113. The maximum Gasteiger partial charge on any atom is 0.231 e. The van der Waals surface area contributed by atoms with Crippen LogP contribution in [0.3, 0.4) is 0 Å². The first-order chi connectivity index (χ1) is 16.5. The SMILES string of the molecule is CO[C@H]1C=C[C@]2(C(=O)[C@@H](CCc3ccc(O)cc3)Cc3cc4c(cc32)OCO4)[C@@H](N(C)C=O)C1. The molecule has 178 valence electrons. The van der Waals surface area contributed by atoms with E-state index < -0.39 is 5.41 Å². The highest BCUT2D eigenvalue weighted by molar-refractivity contribution is 5.98. The summed E-state index contributed by atoms with van der Waals surface area (Å²) in [6.07, 6.45) is 7.01. The average molecular weight is 464 g/mol. The van der Waals surface area contributed by atoms with Crippen LogP contribution in [0.25, 0.3) is 0 Å². The van der Waals surface area contributed by atoms with Gasteiger partial charge in [0.25, 0.3) is 0 Å². The van der Waals surface area contributed by atoms with E-state index >= 15 is 0 Å². The number of benzene rings is 2. The Labute approximate surface area is 198 Å². The van der Waals surface area contributed by atoms with E-state index in [9.17, 15) is 14.7 Å². The summed E-state index contributed by atoms with van der Waals surface area (Å²) in [5.74, 6) is 1.43. The number of likely N-dealkylation sites (N-methyl/N-ethyl adjacent to an activating group) is 1. The summed E-state index contributed by atoms with van der Waals surface area (Å²) >= 11 is 0. The highest BCUT2D eigenvalue weighted by atomic mass is 16.7. The fraction of sp³-hybridized carbons (Fsp3) is 0.407. The van der Waals surface area contributed by atoms with Crippen molar-refractivity contribution in [3.8, 4) is 17.2 Å². The second-order valence-corrected chi connectivity index (χ2v) is 9.36. The largest absolute Gasteiger partial charge is 0.508 e. The molecule has 1 spiro atoms. The number of Topliss-reactive ketones (excluding diaryl/α,β-unsaturated/α-hetero) is 1. The van der Waals surface area contributed by atoms with Crippen LogP contribution >= 0.6 is 0 Å². The van der Waals surface area contributed by atoms with Crippen molar-refractivity contribution >= 4 is 12.2 Å². The number of phenols is 1. The zero-order chi connectivity index (χ0) is 23.9. The molecule has 0 bridgehead atoms. The number of nitrogens with zero attached hydrogens (tertiary/aromatic N) is 1. The van der Waals surface area contributed by atoms with Crippen molar-refractivity contribution in [2.75, 3.05) is 21.0 Å². The standard InChI is InChI=1S/C27H29NO6/c1-28(15-29)25-13-21(32-2)9-10-27(25)22-14-24-23(33-16-34-24)12-19(22)11-18(26(27)31)6-3-17-4-7-20(30)8-5-17/h4-5,7-10,12,14-15,18,21,25,30H,3,6,11,13,16H2,1-2H3/t18-,21-,25-,27+/m0/s1. The summed E-state index contributed by atoms with van der Waals surface area (Å²) in [7, 11) is 3.37. The molecule has 2 aromatic rings. The van der Waals surface area contributed by atoms with Gasteiger partial charge in [0, 0.05) is 20.1 Å². The number of hydrogen-bond acceptors (Lipinski definition) is 6. The van der Waals surface area contributed by atoms with Crippen LogP contribution in [0.5, 0.6) is 17.2 Å². The number of fused-ring (bicyclic) bond motifs is 3. The fourth-order valence-corrected chi connectivity index (χ4v) is 5.71. The number of carbonyl (C=O) groups excluding carboxylic acids is 2. The molecule has 4 atom stereocenters. The van der Waals surface area contributed by atoms with Crippen molar-refractivity contribution in [1.29, 1.82) is 0 Å². The molecular weight excluding hydrogens is 434 g/mol. The summed E-state index contributed by atoms with van der Waals surface area (Å²) in [4.78, 5) is 27.9. The first-order valence-corrected chi connectivity index (χ1v) is 11.6. The van der Waals surface area contributed by atoms with E-state index in [0.29, 0.717) is 37.2 Å². The van der Waals surface area contributed by atoms with Gasteiger partial charge in [0.15, 0.2) is 17.3 Å². The van der Waals surface area contributed by atoms with Crippen LogP contribution in [0.15, 0.2) is 48.6 Å². The lowest BCUT2D eigenvalue weighted by atomic mass is 9.58. The fourth-order valence-electron chi connectivity index (χ4n) is 5.71. The summed E-state index contributed by atoms with van der Waals surface area (Å²) in [6, 6.07) is 10.6. The van der Waals surface area contributed by atoms with Crippen molar-refractivity contribution in [3.63, 3.8) is 0 Å². The first kappa shape index (κ1) is 22.5. The monoisotopic (exact) mass is 463 g/mol. The first-order valence-electron chi connectivity index (χ1n) is 11.6. The van der Waals surface area contributed by atoms with E-state index in [1.807, 2.05) is 36.4 Å². The summed E-state index contributed by atoms with van der Waals surface area (Å²) in [5, 5.41) is 9.59. The minimum Gasteiger partial charge on any atom is -0.508 e. The molecule has 7 nitrogen and oxygen atoms in total. The van der Waals surface area contributed by atoms with Gasteiger partial charge in [-0.2, -0.15) is 0 Å². The molecule has 1 heterocycles. The second kappa shape index (κ2) is 8.80. The molecule has 1 aliphatic heterocycles. The normalized spacial score (nSPS) is 27.0. The van der Waals surface area contributed by atoms with Gasteiger partial charge in [0.05, 0.1) is 17.6 Å². The van der Waals surface area contributed by atoms with Gasteiger partial charge in [-0.05, 0) is 66.6 Å². The van der Waals surface area contributed by atoms with E-state index in [1.54, 1.807) is 31.2 Å². The molecule has 2 aliphatic carbocycles. The Morgan fingerprint density at radius 3 is 2.65 bits per heavy atom. The Morgan fingerprint density at radius 1 is 1.21 bits per heavy atom. The third-order valence-corrected chi connectivity index (χ3v) is 7.52. The van der Waals surface area contributed by atoms with Crippen LogP contribution in [-0.4, -0.2) is 55.3 Å². The third kappa shape index (κ3) is 3.64. The summed E-state index contributed by atoms with van der Waals surface area (Å²) in [5.41, 5.74) is 2.01. The number of amides is 1. The maximum atomic E-state index is 14.3. The Balaban J connectivity index is 1.59. The number of hydrogen-bond donors (Lipinski definition) is 1. The number of aryl methyl sites for hydroxylation is 1. The molecule has 3 aliphatic rings. The molecule has 1 amide bonds. The predicted octanol–water partition coefficient (Wildman–Crippen LogP) is 3.16. The molecule has 0 saturated carbocycles. The maximum absolute atomic E-state index is 14.3. The quantitative estimate of drug-likeness (QED) is 0.523. The van der Waals surface area contributed by atoms with Crippen LogP contribution in [0.4, 0.5) is 0 Å². The Kier molecular flexibility index (Phi) is 5.81. The highest BCUT2D eigenvalue weighted by Crippen LogP contribution is 2.50. The smallest absolute Gasteiger partial charge is 0.231 e.